The van der Waals surface area contributed by atoms with Crippen molar-refractivity contribution in [3.8, 4) is 0 Å². The van der Waals surface area contributed by atoms with Crippen molar-refractivity contribution in [2.75, 3.05) is 24.6 Å². The molecule has 1 amide bonds. The van der Waals surface area contributed by atoms with Crippen molar-refractivity contribution >= 4 is 15.7 Å². The molecule has 2 N–H and O–H groups in total. The zero-order valence-electron chi connectivity index (χ0n) is 11.1. The van der Waals surface area contributed by atoms with E-state index in [9.17, 15) is 13.2 Å². The normalized spacial score (nSPS) is 41.2. The van der Waals surface area contributed by atoms with E-state index in [-0.39, 0.29) is 29.4 Å². The molecule has 108 valence electrons. The maximum Gasteiger partial charge on any atom is 0.226 e. The van der Waals surface area contributed by atoms with Gasteiger partial charge in [0.15, 0.2) is 9.84 Å². The first-order chi connectivity index (χ1) is 8.94. The lowest BCUT2D eigenvalue weighted by molar-refractivity contribution is -0.133. The van der Waals surface area contributed by atoms with Crippen LogP contribution >= 0.6 is 0 Å². The summed E-state index contributed by atoms with van der Waals surface area (Å²) in [5.74, 6) is 1.11. The Morgan fingerprint density at radius 1 is 1.11 bits per heavy atom. The third kappa shape index (κ3) is 2.65. The zero-order chi connectivity index (χ0) is 13.6. The lowest BCUT2D eigenvalue weighted by Crippen LogP contribution is -2.35. The molecule has 0 aromatic rings. The van der Waals surface area contributed by atoms with Crippen molar-refractivity contribution in [1.82, 2.24) is 4.90 Å². The van der Waals surface area contributed by atoms with Crippen molar-refractivity contribution in [2.24, 2.45) is 23.5 Å². The smallest absolute Gasteiger partial charge is 0.226 e. The molecule has 1 aliphatic carbocycles. The van der Waals surface area contributed by atoms with E-state index in [1.165, 1.54) is 0 Å². The summed E-state index contributed by atoms with van der Waals surface area (Å²) in [6.07, 6.45) is 3.68. The zero-order valence-corrected chi connectivity index (χ0v) is 11.9. The van der Waals surface area contributed by atoms with Crippen LogP contribution in [0.15, 0.2) is 0 Å². The lowest BCUT2D eigenvalue weighted by atomic mass is 9.79. The standard InChI is InChI=1S/C13H22N2O3S/c14-12-2-1-9-6-15(7-11(9)5-12)13(16)10-3-4-19(17,18)8-10/h9-12H,1-8,14H2/t9-,10?,11+,12?/m1/s1. The van der Waals surface area contributed by atoms with Crippen molar-refractivity contribution in [3.63, 3.8) is 0 Å². The second-order valence-corrected chi connectivity index (χ2v) is 8.67. The van der Waals surface area contributed by atoms with Gasteiger partial charge in [0.25, 0.3) is 0 Å². The van der Waals surface area contributed by atoms with E-state index >= 15 is 0 Å². The van der Waals surface area contributed by atoms with Gasteiger partial charge >= 0.3 is 0 Å². The molecule has 2 heterocycles. The summed E-state index contributed by atoms with van der Waals surface area (Å²) >= 11 is 0. The van der Waals surface area contributed by atoms with Crippen LogP contribution in [0.3, 0.4) is 0 Å². The number of hydrogen-bond donors (Lipinski definition) is 1. The minimum Gasteiger partial charge on any atom is -0.342 e. The highest BCUT2D eigenvalue weighted by atomic mass is 32.2. The van der Waals surface area contributed by atoms with Gasteiger partial charge in [0.2, 0.25) is 5.91 Å². The first-order valence-corrected chi connectivity index (χ1v) is 9.01. The van der Waals surface area contributed by atoms with E-state index in [0.717, 1.165) is 32.4 Å². The molecule has 5 nitrogen and oxygen atoms in total. The number of likely N-dealkylation sites (tertiary alicyclic amines) is 1. The maximum atomic E-state index is 12.4. The predicted molar refractivity (Wildman–Crippen MR) is 72.1 cm³/mol. The fraction of sp³-hybridized carbons (Fsp3) is 0.923. The Labute approximate surface area is 114 Å². The van der Waals surface area contributed by atoms with E-state index in [0.29, 0.717) is 18.3 Å². The van der Waals surface area contributed by atoms with Gasteiger partial charge < -0.3 is 10.6 Å². The monoisotopic (exact) mass is 286 g/mol. The summed E-state index contributed by atoms with van der Waals surface area (Å²) in [6, 6.07) is 0.281. The molecule has 6 heteroatoms. The Morgan fingerprint density at radius 3 is 2.53 bits per heavy atom. The summed E-state index contributed by atoms with van der Waals surface area (Å²) in [5.41, 5.74) is 5.99. The van der Waals surface area contributed by atoms with E-state index < -0.39 is 9.84 Å². The minimum absolute atomic E-state index is 0.0528. The van der Waals surface area contributed by atoms with Crippen molar-refractivity contribution in [3.05, 3.63) is 0 Å². The molecule has 2 saturated heterocycles. The SMILES string of the molecule is NC1CC[C@@H]2CN(C(=O)C3CCS(=O)(=O)C3)C[C@@H]2C1. The predicted octanol–water partition coefficient (Wildman–Crippen LogP) is 0.00690. The van der Waals surface area contributed by atoms with Crippen LogP contribution in [0.1, 0.15) is 25.7 Å². The molecule has 0 bridgehead atoms. The van der Waals surface area contributed by atoms with Gasteiger partial charge in [-0.2, -0.15) is 0 Å². The van der Waals surface area contributed by atoms with Crippen LogP contribution in [0, 0.1) is 17.8 Å². The van der Waals surface area contributed by atoms with Crippen LogP contribution in [0.25, 0.3) is 0 Å². The number of amides is 1. The molecule has 0 aromatic heterocycles. The summed E-state index contributed by atoms with van der Waals surface area (Å²) in [4.78, 5) is 14.3. The van der Waals surface area contributed by atoms with Gasteiger partial charge in [-0.15, -0.1) is 0 Å². The summed E-state index contributed by atoms with van der Waals surface area (Å²) in [6.45, 7) is 1.60. The average Bonchev–Trinajstić information content (AvgIpc) is 2.90. The highest BCUT2D eigenvalue weighted by Crippen LogP contribution is 2.36. The Morgan fingerprint density at radius 2 is 1.84 bits per heavy atom. The van der Waals surface area contributed by atoms with E-state index in [2.05, 4.69) is 0 Å². The van der Waals surface area contributed by atoms with Gasteiger partial charge in [0.05, 0.1) is 17.4 Å². The first-order valence-electron chi connectivity index (χ1n) is 7.19. The van der Waals surface area contributed by atoms with Gasteiger partial charge in [0, 0.05) is 19.1 Å². The summed E-state index contributed by atoms with van der Waals surface area (Å²) in [7, 11) is -2.97. The fourth-order valence-corrected chi connectivity index (χ4v) is 5.63. The Bertz CT molecular complexity index is 476. The number of hydrogen-bond acceptors (Lipinski definition) is 4. The molecule has 2 aliphatic heterocycles. The number of carbonyl (C=O) groups excluding carboxylic acids is 1. The number of nitrogens with two attached hydrogens (primary N) is 1. The van der Waals surface area contributed by atoms with Crippen LogP contribution < -0.4 is 5.73 Å². The maximum absolute atomic E-state index is 12.4. The molecule has 0 spiro atoms. The molecule has 0 radical (unpaired) electrons. The molecule has 4 atom stereocenters. The van der Waals surface area contributed by atoms with Crippen LogP contribution in [0.4, 0.5) is 0 Å². The number of rotatable bonds is 1. The van der Waals surface area contributed by atoms with Gasteiger partial charge in [-0.1, -0.05) is 0 Å². The molecule has 2 unspecified atom stereocenters. The highest BCUT2D eigenvalue weighted by molar-refractivity contribution is 7.91. The number of fused-ring (bicyclic) bond motifs is 1. The van der Waals surface area contributed by atoms with E-state index in [1.54, 1.807) is 0 Å². The molecule has 19 heavy (non-hydrogen) atoms. The fourth-order valence-electron chi connectivity index (χ4n) is 3.90. The molecule has 0 aromatic carbocycles. The minimum atomic E-state index is -2.97. The third-order valence-corrected chi connectivity index (χ3v) is 6.75. The summed E-state index contributed by atoms with van der Waals surface area (Å²) < 4.78 is 22.9. The Kier molecular flexibility index (Phi) is 3.33. The topological polar surface area (TPSA) is 80.5 Å². The van der Waals surface area contributed by atoms with Crippen LogP contribution in [0.2, 0.25) is 0 Å². The van der Waals surface area contributed by atoms with Crippen molar-refractivity contribution in [2.45, 2.75) is 31.7 Å². The van der Waals surface area contributed by atoms with Crippen molar-refractivity contribution in [1.29, 1.82) is 0 Å². The molecule has 1 saturated carbocycles. The van der Waals surface area contributed by atoms with Gasteiger partial charge in [-0.05, 0) is 37.5 Å². The molecule has 3 fully saturated rings. The molecule has 3 aliphatic rings. The van der Waals surface area contributed by atoms with Crippen LogP contribution in [0.5, 0.6) is 0 Å². The first kappa shape index (κ1) is 13.4. The number of carbonyl (C=O) groups is 1. The highest BCUT2D eigenvalue weighted by Gasteiger charge is 2.42. The second-order valence-electron chi connectivity index (χ2n) is 6.44. The van der Waals surface area contributed by atoms with Gasteiger partial charge in [0.1, 0.15) is 0 Å². The van der Waals surface area contributed by atoms with Crippen LogP contribution in [-0.2, 0) is 14.6 Å². The largest absolute Gasteiger partial charge is 0.342 e. The third-order valence-electron chi connectivity index (χ3n) is 4.98. The van der Waals surface area contributed by atoms with E-state index in [1.807, 2.05) is 4.90 Å². The molecular weight excluding hydrogens is 264 g/mol. The Hall–Kier alpha value is -0.620. The molecular formula is C13H22N2O3S. The molecule has 3 rings (SSSR count). The lowest BCUT2D eigenvalue weighted by Gasteiger charge is -2.27. The average molecular weight is 286 g/mol. The quantitative estimate of drug-likeness (QED) is 0.736. The van der Waals surface area contributed by atoms with E-state index in [4.69, 9.17) is 5.73 Å². The second kappa shape index (κ2) is 4.74. The van der Waals surface area contributed by atoms with Gasteiger partial charge in [-0.25, -0.2) is 8.42 Å². The number of sulfone groups is 1. The van der Waals surface area contributed by atoms with Crippen LogP contribution in [-0.4, -0.2) is 49.9 Å². The Balaban J connectivity index is 1.63. The van der Waals surface area contributed by atoms with Crippen molar-refractivity contribution < 1.29 is 13.2 Å². The number of nitrogens with zero attached hydrogens (tertiary/aromatic N) is 1. The van der Waals surface area contributed by atoms with Gasteiger partial charge in [-0.3, -0.25) is 4.79 Å². The summed E-state index contributed by atoms with van der Waals surface area (Å²) in [5, 5.41) is 0.